The maximum Gasteiger partial charge on any atom is 0.0342 e. The zero-order chi connectivity index (χ0) is 14.2. The molecule has 0 spiro atoms. The Morgan fingerprint density at radius 2 is 1.75 bits per heavy atom. The molecule has 2 rings (SSSR count). The molecule has 1 aromatic rings. The minimum atomic E-state index is 0.689. The van der Waals surface area contributed by atoms with Gasteiger partial charge in [-0.1, -0.05) is 58.1 Å². The topological polar surface area (TPSA) is 12.0 Å². The van der Waals surface area contributed by atoms with E-state index in [9.17, 15) is 0 Å². The highest BCUT2D eigenvalue weighted by Gasteiger charge is 2.18. The molecule has 0 bridgehead atoms. The Labute approximate surface area is 125 Å². The van der Waals surface area contributed by atoms with Crippen LogP contribution in [0, 0.1) is 5.92 Å². The van der Waals surface area contributed by atoms with E-state index < -0.39 is 0 Å². The summed E-state index contributed by atoms with van der Waals surface area (Å²) in [6.07, 6.45) is 12.2. The molecule has 0 amide bonds. The van der Waals surface area contributed by atoms with E-state index in [4.69, 9.17) is 0 Å². The first-order valence-electron chi connectivity index (χ1n) is 8.67. The molecule has 0 heterocycles. The van der Waals surface area contributed by atoms with Crippen LogP contribution in [0.25, 0.3) is 0 Å². The van der Waals surface area contributed by atoms with Gasteiger partial charge in [0.05, 0.1) is 0 Å². The summed E-state index contributed by atoms with van der Waals surface area (Å²) in [6.45, 7) is 4.56. The Morgan fingerprint density at radius 3 is 2.45 bits per heavy atom. The largest absolute Gasteiger partial charge is 0.382 e. The first-order valence-corrected chi connectivity index (χ1v) is 8.67. The molecule has 2 unspecified atom stereocenters. The number of hydrogen-bond donors (Lipinski definition) is 1. The highest BCUT2D eigenvalue weighted by molar-refractivity contribution is 5.45. The molecule has 1 heteroatoms. The van der Waals surface area contributed by atoms with E-state index in [1.165, 1.54) is 69.0 Å². The fourth-order valence-corrected chi connectivity index (χ4v) is 3.51. The standard InChI is InChI=1S/C19H31N/c1-3-6-16-8-5-9-18(13-10-16)20-19-14-11-17(7-4-2)12-15-19/h11-12,14-16,18,20H,3-10,13H2,1-2H3. The van der Waals surface area contributed by atoms with Gasteiger partial charge in [0, 0.05) is 11.7 Å². The number of hydrogen-bond acceptors (Lipinski definition) is 1. The first-order chi connectivity index (χ1) is 9.81. The fourth-order valence-electron chi connectivity index (χ4n) is 3.51. The number of rotatable bonds is 6. The van der Waals surface area contributed by atoms with Crippen molar-refractivity contribution in [2.45, 2.75) is 77.7 Å². The highest BCUT2D eigenvalue weighted by atomic mass is 14.9. The van der Waals surface area contributed by atoms with Crippen LogP contribution in [0.1, 0.15) is 70.8 Å². The van der Waals surface area contributed by atoms with Gasteiger partial charge in [0.2, 0.25) is 0 Å². The minimum absolute atomic E-state index is 0.689. The molecule has 1 saturated carbocycles. The van der Waals surface area contributed by atoms with Gasteiger partial charge in [-0.05, 0) is 49.3 Å². The van der Waals surface area contributed by atoms with Crippen molar-refractivity contribution in [2.24, 2.45) is 5.92 Å². The molecule has 1 aliphatic carbocycles. The van der Waals surface area contributed by atoms with Crippen LogP contribution in [0.2, 0.25) is 0 Å². The lowest BCUT2D eigenvalue weighted by Crippen LogP contribution is -2.18. The van der Waals surface area contributed by atoms with E-state index in [2.05, 4.69) is 43.4 Å². The fraction of sp³-hybridized carbons (Fsp3) is 0.684. The van der Waals surface area contributed by atoms with Crippen molar-refractivity contribution in [2.75, 3.05) is 5.32 Å². The lowest BCUT2D eigenvalue weighted by atomic mass is 9.95. The lowest BCUT2D eigenvalue weighted by Gasteiger charge is -2.18. The van der Waals surface area contributed by atoms with Crippen LogP contribution in [0.15, 0.2) is 24.3 Å². The molecule has 2 atom stereocenters. The van der Waals surface area contributed by atoms with Crippen LogP contribution in [0.4, 0.5) is 5.69 Å². The smallest absolute Gasteiger partial charge is 0.0342 e. The Morgan fingerprint density at radius 1 is 0.950 bits per heavy atom. The molecule has 0 aliphatic heterocycles. The van der Waals surface area contributed by atoms with Crippen LogP contribution >= 0.6 is 0 Å². The van der Waals surface area contributed by atoms with Crippen molar-refractivity contribution in [3.8, 4) is 0 Å². The van der Waals surface area contributed by atoms with E-state index in [1.54, 1.807) is 0 Å². The first kappa shape index (κ1) is 15.4. The van der Waals surface area contributed by atoms with Crippen molar-refractivity contribution in [3.05, 3.63) is 29.8 Å². The van der Waals surface area contributed by atoms with Gasteiger partial charge in [-0.25, -0.2) is 0 Å². The predicted molar refractivity (Wildman–Crippen MR) is 89.3 cm³/mol. The van der Waals surface area contributed by atoms with Gasteiger partial charge in [0.15, 0.2) is 0 Å². The molecule has 112 valence electrons. The second-order valence-corrected chi connectivity index (χ2v) is 6.45. The van der Waals surface area contributed by atoms with Gasteiger partial charge in [0.1, 0.15) is 0 Å². The molecule has 1 nitrogen and oxygen atoms in total. The van der Waals surface area contributed by atoms with Crippen LogP contribution in [0.5, 0.6) is 0 Å². The van der Waals surface area contributed by atoms with E-state index in [0.29, 0.717) is 6.04 Å². The zero-order valence-electron chi connectivity index (χ0n) is 13.3. The normalized spacial score (nSPS) is 23.3. The van der Waals surface area contributed by atoms with Crippen LogP contribution in [-0.2, 0) is 6.42 Å². The summed E-state index contributed by atoms with van der Waals surface area (Å²) in [5.41, 5.74) is 2.77. The minimum Gasteiger partial charge on any atom is -0.382 e. The van der Waals surface area contributed by atoms with E-state index in [1.807, 2.05) is 0 Å². The number of aryl methyl sites for hydroxylation is 1. The Balaban J connectivity index is 1.83. The number of anilines is 1. The summed E-state index contributed by atoms with van der Waals surface area (Å²) in [5, 5.41) is 3.75. The van der Waals surface area contributed by atoms with Crippen molar-refractivity contribution in [1.29, 1.82) is 0 Å². The highest BCUT2D eigenvalue weighted by Crippen LogP contribution is 2.28. The van der Waals surface area contributed by atoms with Gasteiger partial charge in [-0.3, -0.25) is 0 Å². The van der Waals surface area contributed by atoms with Crippen molar-refractivity contribution in [1.82, 2.24) is 0 Å². The van der Waals surface area contributed by atoms with Crippen LogP contribution in [-0.4, -0.2) is 6.04 Å². The summed E-state index contributed by atoms with van der Waals surface area (Å²) in [4.78, 5) is 0. The Bertz CT molecular complexity index is 368. The third kappa shape index (κ3) is 4.85. The molecule has 1 aromatic carbocycles. The molecule has 1 aliphatic rings. The summed E-state index contributed by atoms with van der Waals surface area (Å²) in [5.74, 6) is 0.985. The molecular weight excluding hydrogens is 242 g/mol. The maximum atomic E-state index is 3.75. The molecule has 0 radical (unpaired) electrons. The maximum absolute atomic E-state index is 3.75. The second kappa shape index (κ2) is 8.34. The van der Waals surface area contributed by atoms with Gasteiger partial charge < -0.3 is 5.32 Å². The third-order valence-electron chi connectivity index (χ3n) is 4.65. The third-order valence-corrected chi connectivity index (χ3v) is 4.65. The molecule has 1 N–H and O–H groups in total. The average molecular weight is 273 g/mol. The molecule has 0 aromatic heterocycles. The summed E-state index contributed by atoms with van der Waals surface area (Å²) >= 11 is 0. The van der Waals surface area contributed by atoms with E-state index >= 15 is 0 Å². The quantitative estimate of drug-likeness (QED) is 0.646. The number of nitrogens with one attached hydrogen (secondary N) is 1. The van der Waals surface area contributed by atoms with Crippen LogP contribution in [0.3, 0.4) is 0 Å². The Hall–Kier alpha value is -0.980. The zero-order valence-corrected chi connectivity index (χ0v) is 13.3. The van der Waals surface area contributed by atoms with Gasteiger partial charge in [0.25, 0.3) is 0 Å². The van der Waals surface area contributed by atoms with Crippen molar-refractivity contribution < 1.29 is 0 Å². The van der Waals surface area contributed by atoms with Gasteiger partial charge >= 0.3 is 0 Å². The average Bonchev–Trinajstić information content (AvgIpc) is 2.68. The van der Waals surface area contributed by atoms with Gasteiger partial charge in [-0.15, -0.1) is 0 Å². The number of benzene rings is 1. The monoisotopic (exact) mass is 273 g/mol. The molecular formula is C19H31N. The molecule has 1 fully saturated rings. The second-order valence-electron chi connectivity index (χ2n) is 6.45. The van der Waals surface area contributed by atoms with E-state index in [-0.39, 0.29) is 0 Å². The molecule has 20 heavy (non-hydrogen) atoms. The summed E-state index contributed by atoms with van der Waals surface area (Å²) < 4.78 is 0. The molecule has 0 saturated heterocycles. The van der Waals surface area contributed by atoms with Crippen LogP contribution < -0.4 is 5.32 Å². The van der Waals surface area contributed by atoms with Gasteiger partial charge in [-0.2, -0.15) is 0 Å². The summed E-state index contributed by atoms with van der Waals surface area (Å²) in [7, 11) is 0. The van der Waals surface area contributed by atoms with Crippen molar-refractivity contribution >= 4 is 5.69 Å². The van der Waals surface area contributed by atoms with E-state index in [0.717, 1.165) is 5.92 Å². The van der Waals surface area contributed by atoms with Crippen molar-refractivity contribution in [3.63, 3.8) is 0 Å². The SMILES string of the molecule is CCCc1ccc(NC2CCCC(CCC)CC2)cc1. The lowest BCUT2D eigenvalue weighted by molar-refractivity contribution is 0.422. The Kier molecular flexibility index (Phi) is 6.42. The summed E-state index contributed by atoms with van der Waals surface area (Å²) in [6, 6.07) is 9.78. The predicted octanol–water partition coefficient (Wildman–Crippen LogP) is 5.80.